The Labute approximate surface area is 154 Å². The summed E-state index contributed by atoms with van der Waals surface area (Å²) in [7, 11) is 0. The lowest BCUT2D eigenvalue weighted by atomic mass is 9.79. The minimum atomic E-state index is -0.143. The number of carbonyl (C=O) groups excluding carboxylic acids is 2. The van der Waals surface area contributed by atoms with Gasteiger partial charge in [0.2, 0.25) is 0 Å². The van der Waals surface area contributed by atoms with Crippen LogP contribution < -0.4 is 10.1 Å². The molecule has 0 aliphatic heterocycles. The highest BCUT2D eigenvalue weighted by Gasteiger charge is 2.22. The molecular formula is C22H25NO3. The fourth-order valence-corrected chi connectivity index (χ4v) is 3.59. The third kappa shape index (κ3) is 4.94. The van der Waals surface area contributed by atoms with Gasteiger partial charge in [-0.2, -0.15) is 0 Å². The predicted molar refractivity (Wildman–Crippen MR) is 101 cm³/mol. The maximum absolute atomic E-state index is 12.0. The Morgan fingerprint density at radius 1 is 1.00 bits per heavy atom. The summed E-state index contributed by atoms with van der Waals surface area (Å²) < 4.78 is 5.46. The molecule has 0 atom stereocenters. The molecule has 1 aliphatic carbocycles. The lowest BCUT2D eigenvalue weighted by molar-refractivity contribution is -0.123. The smallest absolute Gasteiger partial charge is 0.257 e. The Kier molecular flexibility index (Phi) is 6.42. The first-order valence-electron chi connectivity index (χ1n) is 9.25. The zero-order chi connectivity index (χ0) is 18.2. The summed E-state index contributed by atoms with van der Waals surface area (Å²) in [5.41, 5.74) is 1.89. The number of benzene rings is 2. The second-order valence-electron chi connectivity index (χ2n) is 6.88. The molecule has 1 aliphatic rings. The van der Waals surface area contributed by atoms with Gasteiger partial charge in [-0.05, 0) is 55.2 Å². The molecule has 1 N–H and O–H groups in total. The molecule has 0 bridgehead atoms. The third-order valence-corrected chi connectivity index (χ3v) is 5.11. The van der Waals surface area contributed by atoms with Crippen molar-refractivity contribution in [3.63, 3.8) is 0 Å². The van der Waals surface area contributed by atoms with Crippen LogP contribution in [0, 0.1) is 5.92 Å². The van der Waals surface area contributed by atoms with Crippen molar-refractivity contribution < 1.29 is 14.3 Å². The van der Waals surface area contributed by atoms with Crippen molar-refractivity contribution in [2.45, 2.75) is 31.6 Å². The molecule has 1 saturated carbocycles. The van der Waals surface area contributed by atoms with E-state index in [1.807, 2.05) is 0 Å². The summed E-state index contributed by atoms with van der Waals surface area (Å²) in [6.45, 7) is 0.628. The van der Waals surface area contributed by atoms with Crippen LogP contribution in [0.4, 0.5) is 0 Å². The summed E-state index contributed by atoms with van der Waals surface area (Å²) in [6.07, 6.45) is 5.35. The second-order valence-corrected chi connectivity index (χ2v) is 6.88. The van der Waals surface area contributed by atoms with E-state index in [9.17, 15) is 9.59 Å². The van der Waals surface area contributed by atoms with Crippen molar-refractivity contribution in [1.82, 2.24) is 5.32 Å². The number of nitrogens with one attached hydrogen (secondary N) is 1. The fourth-order valence-electron chi connectivity index (χ4n) is 3.59. The number of para-hydroxylation sites is 1. The summed E-state index contributed by atoms with van der Waals surface area (Å²) in [4.78, 5) is 23.0. The van der Waals surface area contributed by atoms with Crippen LogP contribution in [0.3, 0.4) is 0 Å². The van der Waals surface area contributed by atoms with Crippen molar-refractivity contribution in [3.05, 3.63) is 65.7 Å². The molecule has 4 nitrogen and oxygen atoms in total. The van der Waals surface area contributed by atoms with Crippen LogP contribution in [0.15, 0.2) is 54.6 Å². The molecule has 0 heterocycles. The Morgan fingerprint density at radius 3 is 2.42 bits per heavy atom. The van der Waals surface area contributed by atoms with Gasteiger partial charge in [0.05, 0.1) is 5.56 Å². The highest BCUT2D eigenvalue weighted by Crippen LogP contribution is 2.35. The number of aldehydes is 1. The largest absolute Gasteiger partial charge is 0.483 e. The van der Waals surface area contributed by atoms with Gasteiger partial charge in [-0.15, -0.1) is 0 Å². The second kappa shape index (κ2) is 9.18. The monoisotopic (exact) mass is 351 g/mol. The van der Waals surface area contributed by atoms with E-state index in [-0.39, 0.29) is 12.5 Å². The van der Waals surface area contributed by atoms with Gasteiger partial charge >= 0.3 is 0 Å². The normalized spacial score (nSPS) is 19.5. The lowest BCUT2D eigenvalue weighted by Gasteiger charge is -2.29. The molecule has 0 saturated heterocycles. The van der Waals surface area contributed by atoms with E-state index in [4.69, 9.17) is 4.74 Å². The standard InChI is InChI=1S/C22H25NO3/c24-15-20-8-4-5-9-21(20)26-16-22(25)23-14-17-10-12-19(13-11-17)18-6-2-1-3-7-18/h1-9,15,17,19H,10-14,16H2,(H,23,25). The molecule has 0 radical (unpaired) electrons. The number of carbonyl (C=O) groups is 2. The van der Waals surface area contributed by atoms with Gasteiger partial charge < -0.3 is 10.1 Å². The van der Waals surface area contributed by atoms with E-state index in [0.29, 0.717) is 29.7 Å². The van der Waals surface area contributed by atoms with E-state index in [0.717, 1.165) is 19.1 Å². The van der Waals surface area contributed by atoms with Crippen LogP contribution in [-0.4, -0.2) is 25.3 Å². The maximum atomic E-state index is 12.0. The average molecular weight is 351 g/mol. The molecule has 1 amide bonds. The molecule has 0 spiro atoms. The zero-order valence-electron chi connectivity index (χ0n) is 14.9. The molecule has 136 valence electrons. The molecule has 4 heteroatoms. The van der Waals surface area contributed by atoms with Crippen molar-refractivity contribution in [2.24, 2.45) is 5.92 Å². The Hall–Kier alpha value is -2.62. The van der Waals surface area contributed by atoms with Gasteiger partial charge in [-0.1, -0.05) is 42.5 Å². The van der Waals surface area contributed by atoms with E-state index in [1.54, 1.807) is 24.3 Å². The van der Waals surface area contributed by atoms with E-state index in [2.05, 4.69) is 35.6 Å². The SMILES string of the molecule is O=Cc1ccccc1OCC(=O)NCC1CCC(c2ccccc2)CC1. The number of ether oxygens (including phenoxy) is 1. The lowest BCUT2D eigenvalue weighted by Crippen LogP contribution is -2.34. The van der Waals surface area contributed by atoms with Crippen LogP contribution in [0.5, 0.6) is 5.75 Å². The van der Waals surface area contributed by atoms with E-state index in [1.165, 1.54) is 18.4 Å². The number of hydrogen-bond acceptors (Lipinski definition) is 3. The summed E-state index contributed by atoms with van der Waals surface area (Å²) in [6, 6.07) is 17.6. The molecule has 0 aromatic heterocycles. The van der Waals surface area contributed by atoms with Crippen LogP contribution in [0.2, 0.25) is 0 Å². The van der Waals surface area contributed by atoms with Crippen molar-refractivity contribution in [1.29, 1.82) is 0 Å². The number of hydrogen-bond donors (Lipinski definition) is 1. The van der Waals surface area contributed by atoms with Gasteiger partial charge in [0.15, 0.2) is 12.9 Å². The van der Waals surface area contributed by atoms with E-state index < -0.39 is 0 Å². The van der Waals surface area contributed by atoms with Crippen LogP contribution in [-0.2, 0) is 4.79 Å². The topological polar surface area (TPSA) is 55.4 Å². The van der Waals surface area contributed by atoms with Crippen molar-refractivity contribution >= 4 is 12.2 Å². The summed E-state index contributed by atoms with van der Waals surface area (Å²) in [5, 5.41) is 2.96. The minimum absolute atomic E-state index is 0.0653. The summed E-state index contributed by atoms with van der Waals surface area (Å²) >= 11 is 0. The van der Waals surface area contributed by atoms with Crippen molar-refractivity contribution in [2.75, 3.05) is 13.2 Å². The van der Waals surface area contributed by atoms with E-state index >= 15 is 0 Å². The molecule has 2 aromatic rings. The van der Waals surface area contributed by atoms with Crippen LogP contribution >= 0.6 is 0 Å². The van der Waals surface area contributed by atoms with Gasteiger partial charge in [0, 0.05) is 6.54 Å². The number of amides is 1. The minimum Gasteiger partial charge on any atom is -0.483 e. The quantitative estimate of drug-likeness (QED) is 0.768. The molecule has 26 heavy (non-hydrogen) atoms. The van der Waals surface area contributed by atoms with Gasteiger partial charge in [-0.3, -0.25) is 9.59 Å². The highest BCUT2D eigenvalue weighted by atomic mass is 16.5. The molecule has 1 fully saturated rings. The van der Waals surface area contributed by atoms with Crippen LogP contribution in [0.1, 0.15) is 47.5 Å². The zero-order valence-corrected chi connectivity index (χ0v) is 14.9. The first-order chi connectivity index (χ1) is 12.8. The van der Waals surface area contributed by atoms with Crippen LogP contribution in [0.25, 0.3) is 0 Å². The highest BCUT2D eigenvalue weighted by molar-refractivity contribution is 5.80. The molecular weight excluding hydrogens is 326 g/mol. The summed E-state index contributed by atoms with van der Waals surface area (Å²) in [5.74, 6) is 1.48. The predicted octanol–water partition coefficient (Wildman–Crippen LogP) is 3.97. The third-order valence-electron chi connectivity index (χ3n) is 5.11. The first-order valence-corrected chi connectivity index (χ1v) is 9.25. The Morgan fingerprint density at radius 2 is 1.69 bits per heavy atom. The maximum Gasteiger partial charge on any atom is 0.257 e. The molecule has 3 rings (SSSR count). The Balaban J connectivity index is 1.38. The van der Waals surface area contributed by atoms with Gasteiger partial charge in [-0.25, -0.2) is 0 Å². The molecule has 0 unspecified atom stereocenters. The van der Waals surface area contributed by atoms with Gasteiger partial charge in [0.1, 0.15) is 5.75 Å². The average Bonchev–Trinajstić information content (AvgIpc) is 2.72. The van der Waals surface area contributed by atoms with Crippen molar-refractivity contribution in [3.8, 4) is 5.75 Å². The fraction of sp³-hybridized carbons (Fsp3) is 0.364. The Bertz CT molecular complexity index is 721. The molecule has 2 aromatic carbocycles. The first kappa shape index (κ1) is 18.2. The number of rotatable bonds is 7. The van der Waals surface area contributed by atoms with Gasteiger partial charge in [0.25, 0.3) is 5.91 Å².